The molecule has 0 unspecified atom stereocenters. The highest BCUT2D eigenvalue weighted by molar-refractivity contribution is 5.80. The van der Waals surface area contributed by atoms with Gasteiger partial charge in [0.1, 0.15) is 0 Å². The average molecular weight is 312 g/mol. The first kappa shape index (κ1) is 15.2. The fourth-order valence-corrected chi connectivity index (χ4v) is 2.42. The van der Waals surface area contributed by atoms with Crippen LogP contribution in [0.5, 0.6) is 11.5 Å². The van der Waals surface area contributed by atoms with E-state index in [9.17, 15) is 4.79 Å². The van der Waals surface area contributed by atoms with Gasteiger partial charge in [-0.05, 0) is 30.5 Å². The summed E-state index contributed by atoms with van der Waals surface area (Å²) in [6, 6.07) is 15.8. The van der Waals surface area contributed by atoms with Crippen molar-refractivity contribution in [3.63, 3.8) is 0 Å². The quantitative estimate of drug-likeness (QED) is 0.772. The smallest absolute Gasteiger partial charge is 0.239 e. The van der Waals surface area contributed by atoms with Crippen LogP contribution in [0.15, 0.2) is 48.5 Å². The summed E-state index contributed by atoms with van der Waals surface area (Å²) in [5.41, 5.74) is 2.13. The normalized spacial score (nSPS) is 12.0. The highest BCUT2D eigenvalue weighted by atomic mass is 16.7. The van der Waals surface area contributed by atoms with Crippen LogP contribution in [0.2, 0.25) is 0 Å². The van der Waals surface area contributed by atoms with Crippen LogP contribution in [0.3, 0.4) is 0 Å². The number of aryl methyl sites for hydroxylation is 1. The van der Waals surface area contributed by atoms with Gasteiger partial charge in [-0.25, -0.2) is 0 Å². The maximum absolute atomic E-state index is 11.8. The summed E-state index contributed by atoms with van der Waals surface area (Å²) in [5, 5.41) is 6.00. The maximum atomic E-state index is 11.8. The summed E-state index contributed by atoms with van der Waals surface area (Å²) in [6.45, 7) is 1.17. The SMILES string of the molecule is O=C(CNc1ccc2c(c1)OCO2)NCCCc1ccccc1. The van der Waals surface area contributed by atoms with Crippen LogP contribution in [-0.2, 0) is 11.2 Å². The Morgan fingerprint density at radius 1 is 1.04 bits per heavy atom. The number of fused-ring (bicyclic) bond motifs is 1. The maximum Gasteiger partial charge on any atom is 0.239 e. The summed E-state index contributed by atoms with van der Waals surface area (Å²) in [6.07, 6.45) is 1.90. The first-order chi connectivity index (χ1) is 11.3. The molecule has 0 aromatic heterocycles. The zero-order chi connectivity index (χ0) is 15.9. The highest BCUT2D eigenvalue weighted by Crippen LogP contribution is 2.34. The molecule has 5 heteroatoms. The van der Waals surface area contributed by atoms with E-state index in [1.165, 1.54) is 5.56 Å². The van der Waals surface area contributed by atoms with Crippen LogP contribution in [0, 0.1) is 0 Å². The van der Waals surface area contributed by atoms with E-state index in [4.69, 9.17) is 9.47 Å². The van der Waals surface area contributed by atoms with Crippen LogP contribution in [-0.4, -0.2) is 25.8 Å². The summed E-state index contributed by atoms with van der Waals surface area (Å²) in [4.78, 5) is 11.8. The lowest BCUT2D eigenvalue weighted by molar-refractivity contribution is -0.119. The number of amides is 1. The zero-order valence-electron chi connectivity index (χ0n) is 12.9. The third-order valence-electron chi connectivity index (χ3n) is 3.63. The zero-order valence-corrected chi connectivity index (χ0v) is 12.9. The van der Waals surface area contributed by atoms with E-state index in [2.05, 4.69) is 22.8 Å². The second kappa shape index (κ2) is 7.54. The number of nitrogens with one attached hydrogen (secondary N) is 2. The second-order valence-corrected chi connectivity index (χ2v) is 5.36. The van der Waals surface area contributed by atoms with Gasteiger partial charge < -0.3 is 20.1 Å². The van der Waals surface area contributed by atoms with Crippen molar-refractivity contribution in [2.75, 3.05) is 25.2 Å². The van der Waals surface area contributed by atoms with Crippen LogP contribution < -0.4 is 20.1 Å². The van der Waals surface area contributed by atoms with Crippen molar-refractivity contribution in [2.24, 2.45) is 0 Å². The van der Waals surface area contributed by atoms with E-state index in [0.29, 0.717) is 12.3 Å². The first-order valence-electron chi connectivity index (χ1n) is 7.75. The minimum atomic E-state index is -0.0178. The van der Waals surface area contributed by atoms with Crippen LogP contribution in [0.1, 0.15) is 12.0 Å². The Bertz CT molecular complexity index is 659. The molecule has 0 atom stereocenters. The molecule has 1 heterocycles. The molecule has 120 valence electrons. The number of ether oxygens (including phenoxy) is 2. The summed E-state index contributed by atoms with van der Waals surface area (Å²) < 4.78 is 10.6. The summed E-state index contributed by atoms with van der Waals surface area (Å²) in [7, 11) is 0. The van der Waals surface area contributed by atoms with E-state index in [1.54, 1.807) is 0 Å². The summed E-state index contributed by atoms with van der Waals surface area (Å²) in [5.74, 6) is 1.43. The van der Waals surface area contributed by atoms with Crippen molar-refractivity contribution in [3.8, 4) is 11.5 Å². The molecule has 0 saturated heterocycles. The summed E-state index contributed by atoms with van der Waals surface area (Å²) >= 11 is 0. The lowest BCUT2D eigenvalue weighted by Gasteiger charge is -2.08. The van der Waals surface area contributed by atoms with Crippen molar-refractivity contribution in [2.45, 2.75) is 12.8 Å². The van der Waals surface area contributed by atoms with E-state index in [-0.39, 0.29) is 19.2 Å². The predicted octanol–water partition coefficient (Wildman–Crippen LogP) is 2.58. The molecule has 1 aliphatic heterocycles. The minimum Gasteiger partial charge on any atom is -0.454 e. The number of hydrogen-bond acceptors (Lipinski definition) is 4. The topological polar surface area (TPSA) is 59.6 Å². The first-order valence-corrected chi connectivity index (χ1v) is 7.75. The minimum absolute atomic E-state index is 0.0178. The average Bonchev–Trinajstić information content (AvgIpc) is 3.05. The van der Waals surface area contributed by atoms with Gasteiger partial charge >= 0.3 is 0 Å². The van der Waals surface area contributed by atoms with Gasteiger partial charge in [0.05, 0.1) is 6.54 Å². The number of anilines is 1. The number of hydrogen-bond donors (Lipinski definition) is 2. The molecule has 2 N–H and O–H groups in total. The van der Waals surface area contributed by atoms with E-state index in [0.717, 1.165) is 24.3 Å². The molecule has 2 aromatic rings. The predicted molar refractivity (Wildman–Crippen MR) is 88.8 cm³/mol. The third kappa shape index (κ3) is 4.39. The van der Waals surface area contributed by atoms with Crippen molar-refractivity contribution in [1.29, 1.82) is 0 Å². The molecule has 0 radical (unpaired) electrons. The Labute approximate surface area is 135 Å². The van der Waals surface area contributed by atoms with Crippen molar-refractivity contribution < 1.29 is 14.3 Å². The van der Waals surface area contributed by atoms with Gasteiger partial charge in [0, 0.05) is 18.3 Å². The third-order valence-corrected chi connectivity index (χ3v) is 3.63. The van der Waals surface area contributed by atoms with Crippen LogP contribution >= 0.6 is 0 Å². The number of carbonyl (C=O) groups is 1. The molecule has 5 nitrogen and oxygen atoms in total. The Balaban J connectivity index is 1.35. The van der Waals surface area contributed by atoms with Gasteiger partial charge in [0.15, 0.2) is 11.5 Å². The van der Waals surface area contributed by atoms with Crippen molar-refractivity contribution in [1.82, 2.24) is 5.32 Å². The molecule has 1 amide bonds. The van der Waals surface area contributed by atoms with Gasteiger partial charge in [0.2, 0.25) is 12.7 Å². The molecular weight excluding hydrogens is 292 g/mol. The largest absolute Gasteiger partial charge is 0.454 e. The van der Waals surface area contributed by atoms with Gasteiger partial charge in [-0.3, -0.25) is 4.79 Å². The highest BCUT2D eigenvalue weighted by Gasteiger charge is 2.13. The van der Waals surface area contributed by atoms with Crippen LogP contribution in [0.25, 0.3) is 0 Å². The van der Waals surface area contributed by atoms with Gasteiger partial charge in [-0.15, -0.1) is 0 Å². The number of benzene rings is 2. The molecule has 2 aromatic carbocycles. The fraction of sp³-hybridized carbons (Fsp3) is 0.278. The Hall–Kier alpha value is -2.69. The molecule has 0 spiro atoms. The molecule has 3 rings (SSSR count). The van der Waals surface area contributed by atoms with Gasteiger partial charge in [0.25, 0.3) is 0 Å². The second-order valence-electron chi connectivity index (χ2n) is 5.36. The van der Waals surface area contributed by atoms with E-state index >= 15 is 0 Å². The molecule has 1 aliphatic rings. The van der Waals surface area contributed by atoms with E-state index < -0.39 is 0 Å². The molecule has 0 saturated carbocycles. The molecule has 23 heavy (non-hydrogen) atoms. The molecule has 0 fully saturated rings. The lowest BCUT2D eigenvalue weighted by atomic mass is 10.1. The number of rotatable bonds is 7. The standard InChI is InChI=1S/C18H20N2O3/c21-18(19-10-4-7-14-5-2-1-3-6-14)12-20-15-8-9-16-17(11-15)23-13-22-16/h1-3,5-6,8-9,11,20H,4,7,10,12-13H2,(H,19,21). The fourth-order valence-electron chi connectivity index (χ4n) is 2.42. The molecular formula is C18H20N2O3. The molecule has 0 bridgehead atoms. The van der Waals surface area contributed by atoms with Crippen molar-refractivity contribution in [3.05, 3.63) is 54.1 Å². The van der Waals surface area contributed by atoms with Gasteiger partial charge in [-0.1, -0.05) is 30.3 Å². The Morgan fingerprint density at radius 3 is 2.74 bits per heavy atom. The number of carbonyl (C=O) groups excluding carboxylic acids is 1. The van der Waals surface area contributed by atoms with Crippen LogP contribution in [0.4, 0.5) is 5.69 Å². The Morgan fingerprint density at radius 2 is 1.87 bits per heavy atom. The monoisotopic (exact) mass is 312 g/mol. The van der Waals surface area contributed by atoms with Gasteiger partial charge in [-0.2, -0.15) is 0 Å². The van der Waals surface area contributed by atoms with E-state index in [1.807, 2.05) is 36.4 Å². The Kier molecular flexibility index (Phi) is 4.99. The molecule has 0 aliphatic carbocycles. The van der Waals surface area contributed by atoms with Crippen molar-refractivity contribution >= 4 is 11.6 Å². The lowest BCUT2D eigenvalue weighted by Crippen LogP contribution is -2.30.